The molecule has 6 N–H and O–H groups in total. The summed E-state index contributed by atoms with van der Waals surface area (Å²) in [5.74, 6) is 0.285. The van der Waals surface area contributed by atoms with E-state index in [2.05, 4.69) is 58.3 Å². The predicted octanol–water partition coefficient (Wildman–Crippen LogP) is 12.4. The molecule has 0 fully saturated rings. The minimum atomic E-state index is 0. The fourth-order valence-corrected chi connectivity index (χ4v) is 9.04. The molecule has 0 aromatic heterocycles. The Kier molecular flexibility index (Phi) is 65.6. The van der Waals surface area contributed by atoms with Crippen molar-refractivity contribution in [1.82, 2.24) is 30.7 Å². The molecule has 0 saturated carbocycles. The Morgan fingerprint density at radius 2 is 0.486 bits per heavy atom. The van der Waals surface area contributed by atoms with E-state index in [9.17, 15) is 29.7 Å². The maximum absolute atomic E-state index is 12.4. The molecule has 0 aliphatic rings. The van der Waals surface area contributed by atoms with Crippen molar-refractivity contribution in [1.29, 1.82) is 0 Å². The number of hydrogen-bond acceptors (Lipinski definition) is 9. The summed E-state index contributed by atoms with van der Waals surface area (Å²) < 4.78 is 0. The number of hydrogen-bond donors (Lipinski definition) is 6. The summed E-state index contributed by atoms with van der Waals surface area (Å²) in [4.78, 5) is 43.1. The van der Waals surface area contributed by atoms with Gasteiger partial charge in [0.25, 0.3) is 0 Å². The van der Waals surface area contributed by atoms with Crippen LogP contribution in [0.3, 0.4) is 0 Å². The maximum Gasteiger partial charge on any atom is 0.221 e. The minimum Gasteiger partial charge on any atom is -0.395 e. The highest BCUT2D eigenvalue weighted by atomic mass is 16.3. The average Bonchev–Trinajstić information content (AvgIpc) is 3.37. The third-order valence-corrected chi connectivity index (χ3v) is 13.8. The van der Waals surface area contributed by atoms with Crippen molar-refractivity contribution in [2.45, 2.75) is 273 Å². The molecular weight excluding hydrogens is 901 g/mol. The van der Waals surface area contributed by atoms with E-state index in [0.717, 1.165) is 58.4 Å². The largest absolute Gasteiger partial charge is 0.395 e. The molecule has 3 amide bonds. The smallest absolute Gasteiger partial charge is 0.221 e. The van der Waals surface area contributed by atoms with Crippen LogP contribution in [0.5, 0.6) is 0 Å². The lowest BCUT2D eigenvalue weighted by molar-refractivity contribution is -0.122. The van der Waals surface area contributed by atoms with Crippen molar-refractivity contribution in [2.75, 3.05) is 98.4 Å². The van der Waals surface area contributed by atoms with E-state index in [1.807, 2.05) is 0 Å². The Bertz CT molecular complexity index is 1040. The highest BCUT2D eigenvalue weighted by molar-refractivity contribution is 5.76. The van der Waals surface area contributed by atoms with Crippen LogP contribution in [0.25, 0.3) is 0 Å². The summed E-state index contributed by atoms with van der Waals surface area (Å²) in [6.07, 6.45) is 45.2. The van der Waals surface area contributed by atoms with Crippen molar-refractivity contribution < 1.29 is 29.7 Å². The molecule has 0 rings (SSSR count). The standard InChI is InChI=1S/C36H74N4O4.C23H48N2O2.CH4/c1-3-5-7-9-11-13-15-17-19-21-25-37-35(43)23-27-39(31-33-41)29-30-40(32-34-42)28-24-36(44)38-26-22-20-18-16-14-12-10-8-6-4-2;1-3-5-7-9-10-11-12-13-14-15-18-24-23(27)17-20-25(21-22-26)19-16-8-6-4-2;/h41-42H,3-34H2,1-2H3,(H,37,43)(H,38,44);26H,3-22H2,1-2H3,(H,24,27);1H4. The first-order chi connectivity index (χ1) is 34.8. The number of carbonyl (C=O) groups excluding carboxylic acids is 3. The molecule has 12 heteroatoms. The van der Waals surface area contributed by atoms with Crippen LogP contribution in [0.1, 0.15) is 273 Å². The van der Waals surface area contributed by atoms with Crippen LogP contribution in [-0.2, 0) is 14.4 Å². The molecule has 0 bridgehead atoms. The lowest BCUT2D eigenvalue weighted by Crippen LogP contribution is -2.40. The third kappa shape index (κ3) is 59.1. The summed E-state index contributed by atoms with van der Waals surface area (Å²) in [5, 5.41) is 37.4. The normalized spacial score (nSPS) is 11.2. The average molecular weight is 1030 g/mol. The Morgan fingerprint density at radius 1 is 0.278 bits per heavy atom. The first-order valence-electron chi connectivity index (χ1n) is 30.6. The van der Waals surface area contributed by atoms with Crippen LogP contribution in [0.15, 0.2) is 0 Å². The fraction of sp³-hybridized carbons (Fsp3) is 0.950. The van der Waals surface area contributed by atoms with Crippen LogP contribution < -0.4 is 16.0 Å². The summed E-state index contributed by atoms with van der Waals surface area (Å²) in [6.45, 7) is 17.5. The number of unbranched alkanes of at least 4 members (excludes halogenated alkanes) is 30. The first kappa shape index (κ1) is 74.4. The molecule has 0 unspecified atom stereocenters. The molecule has 0 aromatic carbocycles. The zero-order valence-electron chi connectivity index (χ0n) is 47.7. The number of rotatable bonds is 56. The van der Waals surface area contributed by atoms with Crippen molar-refractivity contribution in [3.63, 3.8) is 0 Å². The lowest BCUT2D eigenvalue weighted by atomic mass is 10.1. The molecular formula is C60H126N6O6. The highest BCUT2D eigenvalue weighted by Gasteiger charge is 2.13. The Hall–Kier alpha value is -1.83. The van der Waals surface area contributed by atoms with Gasteiger partial charge in [-0.2, -0.15) is 0 Å². The summed E-state index contributed by atoms with van der Waals surface area (Å²) >= 11 is 0. The van der Waals surface area contributed by atoms with E-state index in [1.54, 1.807) is 0 Å². The van der Waals surface area contributed by atoms with Gasteiger partial charge < -0.3 is 36.2 Å². The van der Waals surface area contributed by atoms with E-state index >= 15 is 0 Å². The lowest BCUT2D eigenvalue weighted by Gasteiger charge is -2.26. The molecule has 0 atom stereocenters. The number of carbonyl (C=O) groups is 3. The summed E-state index contributed by atoms with van der Waals surface area (Å²) in [5.41, 5.74) is 0. The molecule has 432 valence electrons. The van der Waals surface area contributed by atoms with Crippen molar-refractivity contribution in [3.05, 3.63) is 0 Å². The van der Waals surface area contributed by atoms with Crippen LogP contribution in [0.4, 0.5) is 0 Å². The molecule has 0 aromatic rings. The highest BCUT2D eigenvalue weighted by Crippen LogP contribution is 2.13. The van der Waals surface area contributed by atoms with Crippen LogP contribution in [0, 0.1) is 0 Å². The molecule has 0 heterocycles. The number of aliphatic hydroxyl groups excluding tert-OH is 3. The van der Waals surface area contributed by atoms with Gasteiger partial charge in [-0.25, -0.2) is 0 Å². The molecule has 0 aliphatic carbocycles. The van der Waals surface area contributed by atoms with Crippen molar-refractivity contribution in [2.24, 2.45) is 0 Å². The van der Waals surface area contributed by atoms with Gasteiger partial charge in [0.05, 0.1) is 19.8 Å². The zero-order valence-corrected chi connectivity index (χ0v) is 47.7. The van der Waals surface area contributed by atoms with Gasteiger partial charge in [0, 0.05) is 91.3 Å². The predicted molar refractivity (Wildman–Crippen MR) is 310 cm³/mol. The summed E-state index contributed by atoms with van der Waals surface area (Å²) in [6, 6.07) is 0. The zero-order chi connectivity index (χ0) is 52.4. The van der Waals surface area contributed by atoms with Crippen LogP contribution >= 0.6 is 0 Å². The SMILES string of the molecule is C.CCCCCCCCCCCCNC(=O)CCN(CCO)CCCCCC.CCCCCCCCCCCCNC(=O)CCN(CCO)CCN(CCO)CCC(=O)NCCCCCCCCCCCC. The minimum absolute atomic E-state index is 0. The van der Waals surface area contributed by atoms with Gasteiger partial charge in [-0.1, -0.05) is 228 Å². The monoisotopic (exact) mass is 1030 g/mol. The van der Waals surface area contributed by atoms with Gasteiger partial charge in [0.15, 0.2) is 0 Å². The van der Waals surface area contributed by atoms with E-state index in [4.69, 9.17) is 0 Å². The number of aliphatic hydroxyl groups is 3. The Morgan fingerprint density at radius 3 is 0.722 bits per heavy atom. The number of amides is 3. The van der Waals surface area contributed by atoms with Gasteiger partial charge in [-0.3, -0.25) is 24.2 Å². The van der Waals surface area contributed by atoms with E-state index in [0.29, 0.717) is 65.1 Å². The molecule has 12 nitrogen and oxygen atoms in total. The Labute approximate surface area is 447 Å². The second kappa shape index (κ2) is 63.5. The summed E-state index contributed by atoms with van der Waals surface area (Å²) in [7, 11) is 0. The first-order valence-corrected chi connectivity index (χ1v) is 30.6. The molecule has 0 saturated heterocycles. The molecule has 0 spiro atoms. The van der Waals surface area contributed by atoms with Gasteiger partial charge >= 0.3 is 0 Å². The second-order valence-electron chi connectivity index (χ2n) is 20.6. The quantitative estimate of drug-likeness (QED) is 0.0326. The van der Waals surface area contributed by atoms with Crippen molar-refractivity contribution >= 4 is 17.7 Å². The Balaban J connectivity index is -0.00000146. The molecule has 0 radical (unpaired) electrons. The van der Waals surface area contributed by atoms with Gasteiger partial charge in [-0.05, 0) is 32.2 Å². The van der Waals surface area contributed by atoms with Crippen LogP contribution in [0.2, 0.25) is 0 Å². The fourth-order valence-electron chi connectivity index (χ4n) is 9.04. The number of nitrogens with one attached hydrogen (secondary N) is 3. The third-order valence-electron chi connectivity index (χ3n) is 13.8. The second-order valence-corrected chi connectivity index (χ2v) is 20.6. The number of nitrogens with zero attached hydrogens (tertiary/aromatic N) is 3. The molecule has 72 heavy (non-hydrogen) atoms. The van der Waals surface area contributed by atoms with Gasteiger partial charge in [0.2, 0.25) is 17.7 Å². The van der Waals surface area contributed by atoms with Gasteiger partial charge in [0.1, 0.15) is 0 Å². The molecule has 0 aliphatic heterocycles. The van der Waals surface area contributed by atoms with E-state index < -0.39 is 0 Å². The van der Waals surface area contributed by atoms with Gasteiger partial charge in [-0.15, -0.1) is 0 Å². The van der Waals surface area contributed by atoms with Crippen molar-refractivity contribution in [3.8, 4) is 0 Å². The van der Waals surface area contributed by atoms with E-state index in [-0.39, 0.29) is 45.0 Å². The topological polar surface area (TPSA) is 158 Å². The van der Waals surface area contributed by atoms with Crippen LogP contribution in [-0.4, -0.2) is 146 Å². The van der Waals surface area contributed by atoms with E-state index in [1.165, 1.54) is 193 Å². The maximum atomic E-state index is 12.4.